The standard InChI is InChI=1S/C14H23NS/c1-10-9-13(11(2)16-10)14(3,4)7-8-15-12-5-6-12/h9,12,15H,5-8H2,1-4H3. The van der Waals surface area contributed by atoms with Crippen LogP contribution >= 0.6 is 11.3 Å². The van der Waals surface area contributed by atoms with E-state index in [1.807, 2.05) is 11.3 Å². The molecule has 1 heterocycles. The van der Waals surface area contributed by atoms with Crippen LogP contribution in [0.25, 0.3) is 0 Å². The Morgan fingerprint density at radius 1 is 1.38 bits per heavy atom. The van der Waals surface area contributed by atoms with E-state index in [9.17, 15) is 0 Å². The molecule has 16 heavy (non-hydrogen) atoms. The maximum absolute atomic E-state index is 3.61. The minimum Gasteiger partial charge on any atom is -0.314 e. The minimum atomic E-state index is 0.316. The van der Waals surface area contributed by atoms with Crippen LogP contribution in [-0.4, -0.2) is 12.6 Å². The van der Waals surface area contributed by atoms with Gasteiger partial charge < -0.3 is 5.32 Å². The third-order valence-electron chi connectivity index (χ3n) is 3.53. The molecule has 0 atom stereocenters. The Labute approximate surface area is 103 Å². The van der Waals surface area contributed by atoms with Crippen molar-refractivity contribution in [1.29, 1.82) is 0 Å². The monoisotopic (exact) mass is 237 g/mol. The maximum atomic E-state index is 3.61. The molecule has 0 unspecified atom stereocenters. The van der Waals surface area contributed by atoms with E-state index in [4.69, 9.17) is 0 Å². The van der Waals surface area contributed by atoms with Crippen molar-refractivity contribution in [2.24, 2.45) is 0 Å². The average Bonchev–Trinajstić information content (AvgIpc) is 2.91. The first kappa shape index (κ1) is 12.1. The van der Waals surface area contributed by atoms with E-state index in [0.717, 1.165) is 12.6 Å². The van der Waals surface area contributed by atoms with Gasteiger partial charge in [0.05, 0.1) is 0 Å². The number of nitrogens with one attached hydrogen (secondary N) is 1. The molecule has 1 fully saturated rings. The first-order chi connectivity index (χ1) is 7.49. The van der Waals surface area contributed by atoms with Gasteiger partial charge >= 0.3 is 0 Å². The Balaban J connectivity index is 1.96. The molecule has 0 aliphatic heterocycles. The van der Waals surface area contributed by atoms with Crippen molar-refractivity contribution < 1.29 is 0 Å². The van der Waals surface area contributed by atoms with Gasteiger partial charge in [0.15, 0.2) is 0 Å². The third kappa shape index (κ3) is 2.86. The van der Waals surface area contributed by atoms with Crippen LogP contribution in [0.5, 0.6) is 0 Å². The lowest BCUT2D eigenvalue weighted by Gasteiger charge is -2.25. The summed E-state index contributed by atoms with van der Waals surface area (Å²) < 4.78 is 0. The van der Waals surface area contributed by atoms with Gasteiger partial charge in [0.2, 0.25) is 0 Å². The highest BCUT2D eigenvalue weighted by Crippen LogP contribution is 2.34. The zero-order valence-corrected chi connectivity index (χ0v) is 11.7. The van der Waals surface area contributed by atoms with E-state index < -0.39 is 0 Å². The third-order valence-corrected chi connectivity index (χ3v) is 4.50. The molecule has 1 nitrogen and oxygen atoms in total. The number of hydrogen-bond donors (Lipinski definition) is 1. The second kappa shape index (κ2) is 4.50. The molecule has 0 amide bonds. The van der Waals surface area contributed by atoms with Gasteiger partial charge in [-0.2, -0.15) is 0 Å². The molecular formula is C14H23NS. The molecular weight excluding hydrogens is 214 g/mol. The minimum absolute atomic E-state index is 0.316. The summed E-state index contributed by atoms with van der Waals surface area (Å²) >= 11 is 1.93. The van der Waals surface area contributed by atoms with Crippen LogP contribution in [0.2, 0.25) is 0 Å². The van der Waals surface area contributed by atoms with Gasteiger partial charge in [-0.15, -0.1) is 11.3 Å². The lowest BCUT2D eigenvalue weighted by Crippen LogP contribution is -2.26. The van der Waals surface area contributed by atoms with Crippen molar-refractivity contribution in [3.05, 3.63) is 21.4 Å². The maximum Gasteiger partial charge on any atom is 0.00682 e. The molecule has 2 rings (SSSR count). The summed E-state index contributed by atoms with van der Waals surface area (Å²) in [6.45, 7) is 10.4. The molecule has 90 valence electrons. The van der Waals surface area contributed by atoms with E-state index in [2.05, 4.69) is 39.1 Å². The highest BCUT2D eigenvalue weighted by atomic mass is 32.1. The normalized spacial score (nSPS) is 16.8. The molecule has 0 aromatic carbocycles. The Morgan fingerprint density at radius 3 is 2.56 bits per heavy atom. The first-order valence-corrected chi connectivity index (χ1v) is 7.11. The topological polar surface area (TPSA) is 12.0 Å². The molecule has 0 spiro atoms. The fourth-order valence-electron chi connectivity index (χ4n) is 2.31. The highest BCUT2D eigenvalue weighted by molar-refractivity contribution is 7.12. The van der Waals surface area contributed by atoms with E-state index >= 15 is 0 Å². The quantitative estimate of drug-likeness (QED) is 0.821. The van der Waals surface area contributed by atoms with E-state index in [-0.39, 0.29) is 0 Å². The van der Waals surface area contributed by atoms with Gasteiger partial charge in [-0.3, -0.25) is 0 Å². The number of rotatable bonds is 5. The average molecular weight is 237 g/mol. The van der Waals surface area contributed by atoms with Crippen LogP contribution in [-0.2, 0) is 5.41 Å². The van der Waals surface area contributed by atoms with Gasteiger partial charge in [0.1, 0.15) is 0 Å². The zero-order valence-electron chi connectivity index (χ0n) is 10.9. The van der Waals surface area contributed by atoms with Crippen LogP contribution in [0.15, 0.2) is 6.07 Å². The van der Waals surface area contributed by atoms with Crippen LogP contribution in [0.4, 0.5) is 0 Å². The van der Waals surface area contributed by atoms with Gasteiger partial charge in [-0.05, 0) is 56.7 Å². The number of aryl methyl sites for hydroxylation is 2. The van der Waals surface area contributed by atoms with E-state index in [1.165, 1.54) is 29.0 Å². The molecule has 1 aliphatic rings. The fourth-order valence-corrected chi connectivity index (χ4v) is 3.42. The smallest absolute Gasteiger partial charge is 0.00682 e. The molecule has 0 bridgehead atoms. The summed E-state index contributed by atoms with van der Waals surface area (Å²) in [4.78, 5) is 2.93. The van der Waals surface area contributed by atoms with Gasteiger partial charge in [-0.1, -0.05) is 13.8 Å². The molecule has 1 aromatic heterocycles. The van der Waals surface area contributed by atoms with Crippen molar-refractivity contribution in [2.75, 3.05) is 6.54 Å². The molecule has 2 heteroatoms. The van der Waals surface area contributed by atoms with Gasteiger partial charge in [0, 0.05) is 15.8 Å². The fraction of sp³-hybridized carbons (Fsp3) is 0.714. The Hall–Kier alpha value is -0.340. The van der Waals surface area contributed by atoms with Crippen LogP contribution < -0.4 is 5.32 Å². The SMILES string of the molecule is Cc1cc(C(C)(C)CCNC2CC2)c(C)s1. The summed E-state index contributed by atoms with van der Waals surface area (Å²) in [6, 6.07) is 3.21. The molecule has 1 aliphatic carbocycles. The van der Waals surface area contributed by atoms with Crippen molar-refractivity contribution in [2.45, 2.75) is 58.4 Å². The molecule has 0 saturated heterocycles. The van der Waals surface area contributed by atoms with E-state index in [0.29, 0.717) is 5.41 Å². The van der Waals surface area contributed by atoms with Crippen LogP contribution in [0.3, 0.4) is 0 Å². The Morgan fingerprint density at radius 2 is 2.06 bits per heavy atom. The van der Waals surface area contributed by atoms with Crippen LogP contribution in [0.1, 0.15) is 48.4 Å². The first-order valence-electron chi connectivity index (χ1n) is 6.30. The second-order valence-corrected chi connectivity index (χ2v) is 7.15. The predicted octanol–water partition coefficient (Wildman–Crippen LogP) is 3.78. The summed E-state index contributed by atoms with van der Waals surface area (Å²) in [6.07, 6.45) is 4.01. The van der Waals surface area contributed by atoms with Crippen molar-refractivity contribution >= 4 is 11.3 Å². The Bertz CT molecular complexity index is 361. The van der Waals surface area contributed by atoms with Crippen molar-refractivity contribution in [3.63, 3.8) is 0 Å². The van der Waals surface area contributed by atoms with Crippen molar-refractivity contribution in [3.8, 4) is 0 Å². The Kier molecular flexibility index (Phi) is 3.41. The molecule has 1 saturated carbocycles. The molecule has 1 N–H and O–H groups in total. The van der Waals surface area contributed by atoms with Crippen molar-refractivity contribution in [1.82, 2.24) is 5.32 Å². The van der Waals surface area contributed by atoms with Gasteiger partial charge in [0.25, 0.3) is 0 Å². The summed E-state index contributed by atoms with van der Waals surface area (Å²) in [5.74, 6) is 0. The lowest BCUT2D eigenvalue weighted by molar-refractivity contribution is 0.455. The lowest BCUT2D eigenvalue weighted by atomic mass is 9.81. The molecule has 1 aromatic rings. The van der Waals surface area contributed by atoms with Crippen LogP contribution in [0, 0.1) is 13.8 Å². The number of hydrogen-bond acceptors (Lipinski definition) is 2. The second-order valence-electron chi connectivity index (χ2n) is 5.69. The van der Waals surface area contributed by atoms with E-state index in [1.54, 1.807) is 5.56 Å². The van der Waals surface area contributed by atoms with Gasteiger partial charge in [-0.25, -0.2) is 0 Å². The largest absolute Gasteiger partial charge is 0.314 e. The number of thiophene rings is 1. The summed E-state index contributed by atoms with van der Waals surface area (Å²) in [5.41, 5.74) is 1.86. The zero-order chi connectivity index (χ0) is 11.8. The highest BCUT2D eigenvalue weighted by Gasteiger charge is 2.25. The predicted molar refractivity (Wildman–Crippen MR) is 72.5 cm³/mol. The molecule has 0 radical (unpaired) electrons. The summed E-state index contributed by atoms with van der Waals surface area (Å²) in [7, 11) is 0. The summed E-state index contributed by atoms with van der Waals surface area (Å²) in [5, 5.41) is 3.61.